The first-order valence-electron chi connectivity index (χ1n) is 9.53. The molecule has 2 aromatic carbocycles. The lowest BCUT2D eigenvalue weighted by Gasteiger charge is -2.35. The van der Waals surface area contributed by atoms with Crippen LogP contribution in [0.2, 0.25) is 0 Å². The quantitative estimate of drug-likeness (QED) is 0.707. The van der Waals surface area contributed by atoms with E-state index >= 15 is 0 Å². The first kappa shape index (κ1) is 19.1. The van der Waals surface area contributed by atoms with Crippen molar-refractivity contribution in [3.05, 3.63) is 65.5 Å². The minimum Gasteiger partial charge on any atom is -0.348 e. The molecule has 4 rings (SSSR count). The van der Waals surface area contributed by atoms with Crippen LogP contribution in [-0.2, 0) is 16.8 Å². The zero-order chi connectivity index (χ0) is 20.6. The number of benzene rings is 2. The number of carbonyl (C=O) groups excluding carboxylic acids is 1. The molecule has 1 atom stereocenters. The molecule has 1 aliphatic carbocycles. The van der Waals surface area contributed by atoms with E-state index in [1.807, 2.05) is 31.2 Å². The standard InChI is InChI=1S/C22H20F2N4O/c1-14(15-3-5-16(6-4-15)22(12-25)9-2-10-22)27-19(29)11-28-13-26-18-8-7-17(23)20(24)21(18)28/h3-8,13-14H,2,9-11H2,1H3,(H,27,29)/t14-/m0/s1. The molecule has 0 saturated heterocycles. The second kappa shape index (κ2) is 7.28. The Bertz CT molecular complexity index is 1110. The van der Waals surface area contributed by atoms with Crippen molar-refractivity contribution < 1.29 is 13.6 Å². The summed E-state index contributed by atoms with van der Waals surface area (Å²) in [4.78, 5) is 16.5. The molecule has 0 spiro atoms. The van der Waals surface area contributed by atoms with Crippen molar-refractivity contribution in [2.75, 3.05) is 0 Å². The fraction of sp³-hybridized carbons (Fsp3) is 0.318. The molecule has 29 heavy (non-hydrogen) atoms. The Morgan fingerprint density at radius 3 is 2.62 bits per heavy atom. The smallest absolute Gasteiger partial charge is 0.240 e. The predicted octanol–water partition coefficient (Wildman–Crippen LogP) is 4.14. The summed E-state index contributed by atoms with van der Waals surface area (Å²) in [5, 5.41) is 12.3. The summed E-state index contributed by atoms with van der Waals surface area (Å²) in [6, 6.07) is 12.3. The van der Waals surface area contributed by atoms with Crippen LogP contribution in [0, 0.1) is 23.0 Å². The van der Waals surface area contributed by atoms with Gasteiger partial charge in [-0.25, -0.2) is 13.8 Å². The van der Waals surface area contributed by atoms with E-state index in [1.54, 1.807) is 0 Å². The van der Waals surface area contributed by atoms with Crippen LogP contribution in [0.1, 0.15) is 43.4 Å². The molecule has 1 amide bonds. The number of carbonyl (C=O) groups is 1. The van der Waals surface area contributed by atoms with Crippen LogP contribution in [-0.4, -0.2) is 15.5 Å². The second-order valence-corrected chi connectivity index (χ2v) is 7.56. The molecule has 1 aromatic heterocycles. The number of nitrogens with one attached hydrogen (secondary N) is 1. The lowest BCUT2D eigenvalue weighted by Crippen LogP contribution is -2.32. The number of hydrogen-bond donors (Lipinski definition) is 1. The van der Waals surface area contributed by atoms with Gasteiger partial charge in [-0.2, -0.15) is 5.26 Å². The van der Waals surface area contributed by atoms with Gasteiger partial charge in [0.15, 0.2) is 11.6 Å². The molecule has 0 bridgehead atoms. The number of rotatable bonds is 5. The summed E-state index contributed by atoms with van der Waals surface area (Å²) >= 11 is 0. The number of aromatic nitrogens is 2. The number of hydrogen-bond acceptors (Lipinski definition) is 3. The van der Waals surface area contributed by atoms with Crippen LogP contribution in [0.5, 0.6) is 0 Å². The summed E-state index contributed by atoms with van der Waals surface area (Å²) in [5.74, 6) is -2.33. The van der Waals surface area contributed by atoms with Gasteiger partial charge in [-0.3, -0.25) is 4.79 Å². The van der Waals surface area contributed by atoms with E-state index in [2.05, 4.69) is 16.4 Å². The van der Waals surface area contributed by atoms with Gasteiger partial charge in [-0.1, -0.05) is 24.3 Å². The maximum atomic E-state index is 14.1. The van der Waals surface area contributed by atoms with Crippen molar-refractivity contribution in [1.82, 2.24) is 14.9 Å². The van der Waals surface area contributed by atoms with Gasteiger partial charge < -0.3 is 9.88 Å². The van der Waals surface area contributed by atoms with Crippen molar-refractivity contribution in [3.63, 3.8) is 0 Å². The highest BCUT2D eigenvalue weighted by Gasteiger charge is 2.38. The Morgan fingerprint density at radius 1 is 1.28 bits per heavy atom. The van der Waals surface area contributed by atoms with Crippen LogP contribution in [0.4, 0.5) is 8.78 Å². The topological polar surface area (TPSA) is 70.7 Å². The van der Waals surface area contributed by atoms with E-state index in [0.717, 1.165) is 36.5 Å². The molecule has 0 aliphatic heterocycles. The van der Waals surface area contributed by atoms with Gasteiger partial charge in [0.1, 0.15) is 12.1 Å². The average molecular weight is 394 g/mol. The second-order valence-electron chi connectivity index (χ2n) is 7.56. The third-order valence-corrected chi connectivity index (χ3v) is 5.75. The van der Waals surface area contributed by atoms with Gasteiger partial charge in [0.05, 0.1) is 29.4 Å². The van der Waals surface area contributed by atoms with Gasteiger partial charge in [0.2, 0.25) is 5.91 Å². The minimum atomic E-state index is -1.01. The molecule has 1 aliphatic rings. The summed E-state index contributed by atoms with van der Waals surface area (Å²) in [6.45, 7) is 1.68. The Kier molecular flexibility index (Phi) is 4.79. The summed E-state index contributed by atoms with van der Waals surface area (Å²) in [6.07, 6.45) is 4.15. The van der Waals surface area contributed by atoms with Crippen LogP contribution in [0.3, 0.4) is 0 Å². The molecule has 148 valence electrons. The Balaban J connectivity index is 1.45. The molecule has 0 unspecified atom stereocenters. The zero-order valence-corrected chi connectivity index (χ0v) is 16.0. The molecule has 3 aromatic rings. The highest BCUT2D eigenvalue weighted by molar-refractivity contribution is 5.81. The third kappa shape index (κ3) is 3.35. The predicted molar refractivity (Wildman–Crippen MR) is 104 cm³/mol. The van der Waals surface area contributed by atoms with Gasteiger partial charge in [-0.05, 0) is 49.4 Å². The lowest BCUT2D eigenvalue weighted by molar-refractivity contribution is -0.122. The van der Waals surface area contributed by atoms with E-state index in [9.17, 15) is 18.8 Å². The minimum absolute atomic E-state index is 0.0283. The molecule has 1 N–H and O–H groups in total. The number of nitrogens with zero attached hydrogens (tertiary/aromatic N) is 3. The number of imidazole rings is 1. The summed E-state index contributed by atoms with van der Waals surface area (Å²) in [5.41, 5.74) is 1.81. The van der Waals surface area contributed by atoms with E-state index in [4.69, 9.17) is 0 Å². The summed E-state index contributed by atoms with van der Waals surface area (Å²) < 4.78 is 28.9. The van der Waals surface area contributed by atoms with Crippen molar-refractivity contribution in [2.45, 2.75) is 44.2 Å². The first-order valence-corrected chi connectivity index (χ1v) is 9.53. The van der Waals surface area contributed by atoms with Crippen molar-refractivity contribution in [1.29, 1.82) is 5.26 Å². The fourth-order valence-electron chi connectivity index (χ4n) is 3.83. The SMILES string of the molecule is C[C@H](NC(=O)Cn1cnc2ccc(F)c(F)c21)c1ccc(C2(C#N)CCC2)cc1. The molecular weight excluding hydrogens is 374 g/mol. The number of nitriles is 1. The molecule has 5 nitrogen and oxygen atoms in total. The molecular formula is C22H20F2N4O. The van der Waals surface area contributed by atoms with Crippen molar-refractivity contribution in [3.8, 4) is 6.07 Å². The van der Waals surface area contributed by atoms with Crippen molar-refractivity contribution in [2.24, 2.45) is 0 Å². The van der Waals surface area contributed by atoms with Crippen LogP contribution >= 0.6 is 0 Å². The van der Waals surface area contributed by atoms with Crippen molar-refractivity contribution >= 4 is 16.9 Å². The highest BCUT2D eigenvalue weighted by atomic mass is 19.2. The normalized spacial score (nSPS) is 16.1. The van der Waals surface area contributed by atoms with Crippen LogP contribution in [0.25, 0.3) is 11.0 Å². The Labute approximate surface area is 167 Å². The average Bonchev–Trinajstić information content (AvgIpc) is 3.08. The summed E-state index contributed by atoms with van der Waals surface area (Å²) in [7, 11) is 0. The Morgan fingerprint density at radius 2 is 2.00 bits per heavy atom. The monoisotopic (exact) mass is 394 g/mol. The van der Waals surface area contributed by atoms with Gasteiger partial charge >= 0.3 is 0 Å². The van der Waals surface area contributed by atoms with E-state index in [1.165, 1.54) is 17.0 Å². The van der Waals surface area contributed by atoms with E-state index in [-0.39, 0.29) is 29.4 Å². The zero-order valence-electron chi connectivity index (χ0n) is 16.0. The molecule has 7 heteroatoms. The van der Waals surface area contributed by atoms with E-state index < -0.39 is 11.6 Å². The number of amides is 1. The largest absolute Gasteiger partial charge is 0.348 e. The maximum absolute atomic E-state index is 14.1. The molecule has 0 radical (unpaired) electrons. The van der Waals surface area contributed by atoms with Gasteiger partial charge in [-0.15, -0.1) is 0 Å². The third-order valence-electron chi connectivity index (χ3n) is 5.75. The fourth-order valence-corrected chi connectivity index (χ4v) is 3.83. The van der Waals surface area contributed by atoms with Crippen LogP contribution in [0.15, 0.2) is 42.7 Å². The maximum Gasteiger partial charge on any atom is 0.240 e. The molecule has 1 heterocycles. The number of fused-ring (bicyclic) bond motifs is 1. The van der Waals surface area contributed by atoms with E-state index in [0.29, 0.717) is 5.52 Å². The van der Waals surface area contributed by atoms with Gasteiger partial charge in [0.25, 0.3) is 0 Å². The highest BCUT2D eigenvalue weighted by Crippen LogP contribution is 2.43. The molecule has 1 saturated carbocycles. The van der Waals surface area contributed by atoms with Gasteiger partial charge in [0, 0.05) is 0 Å². The van der Waals surface area contributed by atoms with Crippen LogP contribution < -0.4 is 5.32 Å². The molecule has 1 fully saturated rings. The number of halogens is 2. The first-order chi connectivity index (χ1) is 13.9. The lowest BCUT2D eigenvalue weighted by atomic mass is 9.65. The Hall–Kier alpha value is -3.27.